The smallest absolute Gasteiger partial charge is 0.410 e. The van der Waals surface area contributed by atoms with E-state index in [-0.39, 0.29) is 12.1 Å². The number of aromatic nitrogens is 5. The number of piperidine rings is 1. The Kier molecular flexibility index (Phi) is 13.7. The van der Waals surface area contributed by atoms with Crippen molar-refractivity contribution in [2.24, 2.45) is 0 Å². The Morgan fingerprint density at radius 3 is 2.44 bits per heavy atom. The van der Waals surface area contributed by atoms with Crippen LogP contribution < -0.4 is 20.9 Å². The van der Waals surface area contributed by atoms with E-state index in [1.165, 1.54) is 32.1 Å². The Hall–Kier alpha value is -4.80. The van der Waals surface area contributed by atoms with Crippen LogP contribution in [0, 0.1) is 11.3 Å². The van der Waals surface area contributed by atoms with E-state index in [0.29, 0.717) is 43.7 Å². The van der Waals surface area contributed by atoms with Crippen LogP contribution in [-0.4, -0.2) is 86.4 Å². The summed E-state index contributed by atoms with van der Waals surface area (Å²) in [6.07, 6.45) is 12.2. The van der Waals surface area contributed by atoms with Crippen LogP contribution in [0.2, 0.25) is 0 Å². The molecule has 2 aromatic heterocycles. The van der Waals surface area contributed by atoms with Crippen LogP contribution >= 0.6 is 0 Å². The molecule has 3 heterocycles. The Labute approximate surface area is 319 Å². The van der Waals surface area contributed by atoms with Gasteiger partial charge < -0.3 is 30.5 Å². The summed E-state index contributed by atoms with van der Waals surface area (Å²) in [7, 11) is 0. The summed E-state index contributed by atoms with van der Waals surface area (Å²) in [6, 6.07) is 18.7. The van der Waals surface area contributed by atoms with Gasteiger partial charge in [-0.05, 0) is 109 Å². The van der Waals surface area contributed by atoms with Gasteiger partial charge in [-0.1, -0.05) is 48.7 Å². The average molecular weight is 736 g/mol. The number of para-hydroxylation sites is 1. The number of ether oxygens (including phenoxy) is 1. The zero-order valence-corrected chi connectivity index (χ0v) is 32.3. The molecule has 2 fully saturated rings. The molecule has 0 unspecified atom stereocenters. The number of benzene rings is 2. The SMILES string of the molecule is CC(C)(C)OC(=O)N1CCC(Nc2nc(N(Cc3ccc(C#N)cc3)Cc3cn(CCCNCCCNC4CCCCC4)nn3)nc3ccccc23)CC1. The molecule has 0 spiro atoms. The molecular weight excluding hydrogens is 679 g/mol. The summed E-state index contributed by atoms with van der Waals surface area (Å²) >= 11 is 0. The summed E-state index contributed by atoms with van der Waals surface area (Å²) < 4.78 is 7.52. The van der Waals surface area contributed by atoms with Crippen LogP contribution in [0.4, 0.5) is 16.6 Å². The van der Waals surface area contributed by atoms with Gasteiger partial charge in [-0.15, -0.1) is 5.10 Å². The van der Waals surface area contributed by atoms with Gasteiger partial charge in [0.1, 0.15) is 17.1 Å². The molecule has 2 aromatic carbocycles. The number of aryl methyl sites for hydroxylation is 1. The van der Waals surface area contributed by atoms with Crippen molar-refractivity contribution in [2.75, 3.05) is 42.9 Å². The fraction of sp³-hybridized carbons (Fsp3) is 0.561. The fourth-order valence-corrected chi connectivity index (χ4v) is 7.18. The van der Waals surface area contributed by atoms with Crippen molar-refractivity contribution in [1.29, 1.82) is 5.26 Å². The van der Waals surface area contributed by atoms with Crippen LogP contribution in [0.1, 0.15) is 95.4 Å². The molecule has 288 valence electrons. The van der Waals surface area contributed by atoms with Crippen molar-refractivity contribution in [3.63, 3.8) is 0 Å². The molecule has 4 aromatic rings. The van der Waals surface area contributed by atoms with Crippen molar-refractivity contribution in [3.8, 4) is 6.07 Å². The van der Waals surface area contributed by atoms with Crippen molar-refractivity contribution >= 4 is 28.8 Å². The van der Waals surface area contributed by atoms with E-state index in [1.807, 2.05) is 80.2 Å². The minimum Gasteiger partial charge on any atom is -0.444 e. The van der Waals surface area contributed by atoms with Crippen molar-refractivity contribution in [3.05, 3.63) is 71.5 Å². The molecule has 0 bridgehead atoms. The summed E-state index contributed by atoms with van der Waals surface area (Å²) in [4.78, 5) is 26.7. The highest BCUT2D eigenvalue weighted by Crippen LogP contribution is 2.28. The van der Waals surface area contributed by atoms with Crippen molar-refractivity contribution < 1.29 is 9.53 Å². The lowest BCUT2D eigenvalue weighted by Gasteiger charge is -2.34. The highest BCUT2D eigenvalue weighted by atomic mass is 16.6. The van der Waals surface area contributed by atoms with Crippen LogP contribution in [0.5, 0.6) is 0 Å². The van der Waals surface area contributed by atoms with E-state index in [4.69, 9.17) is 14.7 Å². The maximum absolute atomic E-state index is 12.7. The number of hydrogen-bond acceptors (Lipinski definition) is 11. The number of amides is 1. The first-order chi connectivity index (χ1) is 26.2. The van der Waals surface area contributed by atoms with Gasteiger partial charge in [-0.25, -0.2) is 9.78 Å². The van der Waals surface area contributed by atoms with E-state index >= 15 is 0 Å². The Morgan fingerprint density at radius 2 is 1.69 bits per heavy atom. The Morgan fingerprint density at radius 1 is 0.926 bits per heavy atom. The largest absolute Gasteiger partial charge is 0.444 e. The third-order valence-electron chi connectivity index (χ3n) is 10.1. The lowest BCUT2D eigenvalue weighted by atomic mass is 9.95. The van der Waals surface area contributed by atoms with Gasteiger partial charge in [0.25, 0.3) is 0 Å². The summed E-state index contributed by atoms with van der Waals surface area (Å²) in [5.41, 5.74) is 2.78. The van der Waals surface area contributed by atoms with Crippen molar-refractivity contribution in [2.45, 2.75) is 116 Å². The number of carbonyl (C=O) groups is 1. The second kappa shape index (κ2) is 19.0. The van der Waals surface area contributed by atoms with Crippen molar-refractivity contribution in [1.82, 2.24) is 40.5 Å². The number of rotatable bonds is 16. The van der Waals surface area contributed by atoms with Gasteiger partial charge in [-0.3, -0.25) is 4.68 Å². The standard InChI is InChI=1S/C41H57N11O2/c1-41(2,3)54-40(53)50-25-19-34(20-26-50)45-38-36-13-7-8-14-37(36)46-39(47-38)51(28-32-17-15-31(27-42)16-18-32)29-35-30-52(49-48-35)24-10-22-43-21-9-23-44-33-11-5-4-6-12-33/h7-8,13-18,30,33-34,43-44H,4-6,9-12,19-26,28-29H2,1-3H3,(H,45,46,47). The summed E-state index contributed by atoms with van der Waals surface area (Å²) in [5, 5.41) is 30.3. The fourth-order valence-electron chi connectivity index (χ4n) is 7.18. The number of fused-ring (bicyclic) bond motifs is 1. The van der Waals surface area contributed by atoms with Crippen LogP contribution in [0.3, 0.4) is 0 Å². The first kappa shape index (κ1) is 38.9. The third kappa shape index (κ3) is 11.6. The molecular formula is C41H57N11O2. The topological polar surface area (TPSA) is 149 Å². The van der Waals surface area contributed by atoms with E-state index in [0.717, 1.165) is 79.8 Å². The number of nitrogens with one attached hydrogen (secondary N) is 3. The molecule has 1 saturated heterocycles. The average Bonchev–Trinajstić information content (AvgIpc) is 3.63. The van der Waals surface area contributed by atoms with Crippen LogP contribution in [-0.2, 0) is 24.4 Å². The maximum Gasteiger partial charge on any atom is 0.410 e. The molecule has 13 heteroatoms. The third-order valence-corrected chi connectivity index (χ3v) is 10.1. The predicted molar refractivity (Wildman–Crippen MR) is 212 cm³/mol. The molecule has 1 aliphatic heterocycles. The molecule has 13 nitrogen and oxygen atoms in total. The normalized spacial score (nSPS) is 15.6. The first-order valence-corrected chi connectivity index (χ1v) is 19.8. The lowest BCUT2D eigenvalue weighted by molar-refractivity contribution is 0.0210. The van der Waals surface area contributed by atoms with E-state index in [1.54, 1.807) is 4.90 Å². The van der Waals surface area contributed by atoms with Gasteiger partial charge in [-0.2, -0.15) is 10.2 Å². The van der Waals surface area contributed by atoms with Gasteiger partial charge in [0.15, 0.2) is 0 Å². The number of likely N-dealkylation sites (tertiary alicyclic amines) is 1. The summed E-state index contributed by atoms with van der Waals surface area (Å²) in [6.45, 7) is 11.7. The predicted octanol–water partition coefficient (Wildman–Crippen LogP) is 6.40. The highest BCUT2D eigenvalue weighted by Gasteiger charge is 2.28. The molecule has 6 rings (SSSR count). The molecule has 1 amide bonds. The van der Waals surface area contributed by atoms with Gasteiger partial charge >= 0.3 is 6.09 Å². The van der Waals surface area contributed by atoms with E-state index in [9.17, 15) is 10.1 Å². The Bertz CT molecular complexity index is 1820. The molecule has 1 aliphatic carbocycles. The van der Waals surface area contributed by atoms with Crippen LogP contribution in [0.25, 0.3) is 10.9 Å². The van der Waals surface area contributed by atoms with Gasteiger partial charge in [0, 0.05) is 43.6 Å². The second-order valence-corrected chi connectivity index (χ2v) is 15.7. The quantitative estimate of drug-likeness (QED) is 0.110. The zero-order valence-electron chi connectivity index (χ0n) is 32.3. The first-order valence-electron chi connectivity index (χ1n) is 19.8. The number of nitriles is 1. The number of carbonyl (C=O) groups excluding carboxylic acids is 1. The van der Waals surface area contributed by atoms with E-state index in [2.05, 4.69) is 37.2 Å². The van der Waals surface area contributed by atoms with Gasteiger partial charge in [0.05, 0.1) is 29.9 Å². The highest BCUT2D eigenvalue weighted by molar-refractivity contribution is 5.90. The second-order valence-electron chi connectivity index (χ2n) is 15.7. The zero-order chi connectivity index (χ0) is 37.8. The molecule has 1 saturated carbocycles. The van der Waals surface area contributed by atoms with Crippen LogP contribution in [0.15, 0.2) is 54.7 Å². The molecule has 2 aliphatic rings. The molecule has 3 N–H and O–H groups in total. The molecule has 0 radical (unpaired) electrons. The Balaban J connectivity index is 1.10. The van der Waals surface area contributed by atoms with Gasteiger partial charge in [0.2, 0.25) is 5.95 Å². The number of anilines is 2. The molecule has 54 heavy (non-hydrogen) atoms. The van der Waals surface area contributed by atoms with E-state index < -0.39 is 5.60 Å². The maximum atomic E-state index is 12.7. The minimum absolute atomic E-state index is 0.134. The lowest BCUT2D eigenvalue weighted by Crippen LogP contribution is -2.44. The molecule has 0 atom stereocenters. The monoisotopic (exact) mass is 735 g/mol. The number of nitrogens with zero attached hydrogens (tertiary/aromatic N) is 8. The summed E-state index contributed by atoms with van der Waals surface area (Å²) in [5.74, 6) is 1.33. The number of hydrogen-bond donors (Lipinski definition) is 3. The minimum atomic E-state index is -0.525.